The molecule has 0 amide bonds. The van der Waals surface area contributed by atoms with Crippen LogP contribution in [0.2, 0.25) is 0 Å². The predicted molar refractivity (Wildman–Crippen MR) is 120 cm³/mol. The van der Waals surface area contributed by atoms with Crippen molar-refractivity contribution >= 4 is 28.2 Å². The summed E-state index contributed by atoms with van der Waals surface area (Å²) in [7, 11) is 0. The van der Waals surface area contributed by atoms with E-state index in [-0.39, 0.29) is 16.7 Å². The van der Waals surface area contributed by atoms with Gasteiger partial charge in [0.1, 0.15) is 11.9 Å². The minimum absolute atomic E-state index is 0.0517. The number of hydrogen-bond acceptors (Lipinski definition) is 5. The molecule has 3 nitrogen and oxygen atoms in total. The van der Waals surface area contributed by atoms with Gasteiger partial charge >= 0.3 is 0 Å². The van der Waals surface area contributed by atoms with Crippen LogP contribution in [-0.2, 0) is 5.75 Å². The molecule has 0 radical (unpaired) electrons. The fourth-order valence-electron chi connectivity index (χ4n) is 3.04. The van der Waals surface area contributed by atoms with Crippen LogP contribution in [0.4, 0.5) is 4.39 Å². The number of benzene rings is 2. The number of hydrogen-bond donors (Lipinski definition) is 0. The summed E-state index contributed by atoms with van der Waals surface area (Å²) in [6, 6.07) is 23.4. The van der Waals surface area contributed by atoms with Gasteiger partial charge < -0.3 is 0 Å². The number of nitrogens with zero attached hydrogens (tertiary/aromatic N) is 2. The Bertz CT molecular complexity index is 1210. The van der Waals surface area contributed by atoms with Crippen LogP contribution in [0.15, 0.2) is 78.2 Å². The average molecular weight is 431 g/mol. The second-order valence-corrected chi connectivity index (χ2v) is 8.31. The summed E-state index contributed by atoms with van der Waals surface area (Å²) < 4.78 is 13.4. The second-order valence-electron chi connectivity index (χ2n) is 6.41. The van der Waals surface area contributed by atoms with Crippen LogP contribution in [-0.4, -0.2) is 10.1 Å². The molecular weight excluding hydrogens is 415 g/mol. The van der Waals surface area contributed by atoms with Gasteiger partial charge in [-0.05, 0) is 35.2 Å². The Morgan fingerprint density at radius 2 is 1.80 bits per heavy atom. The third-order valence-corrected chi connectivity index (χ3v) is 6.39. The summed E-state index contributed by atoms with van der Waals surface area (Å²) in [6.07, 6.45) is 0. The Morgan fingerprint density at radius 3 is 2.47 bits per heavy atom. The molecule has 0 bridgehead atoms. The van der Waals surface area contributed by atoms with E-state index in [2.05, 4.69) is 6.07 Å². The molecule has 0 saturated heterocycles. The average Bonchev–Trinajstić information content (AvgIpc) is 3.33. The Morgan fingerprint density at radius 1 is 1.03 bits per heavy atom. The highest BCUT2D eigenvalue weighted by molar-refractivity contribution is 8.13. The number of pyridine rings is 1. The Hall–Kier alpha value is -3.27. The summed E-state index contributed by atoms with van der Waals surface area (Å²) >= 11 is 2.51. The standard InChI is InChI=1S/C24H15FN2OS2/c25-18-10-8-16(9-11-18)19-13-21(17-5-2-1-3-6-17)27-22(20(19)14-26)15-30-24(28)23-7-4-12-29-23/h1-13H,15H2. The molecule has 2 heterocycles. The van der Waals surface area contributed by atoms with Crippen molar-refractivity contribution in [2.75, 3.05) is 0 Å². The first kappa shape index (κ1) is 20.0. The zero-order chi connectivity index (χ0) is 20.9. The third kappa shape index (κ3) is 4.33. The first-order valence-corrected chi connectivity index (χ1v) is 11.0. The zero-order valence-corrected chi connectivity index (χ0v) is 17.3. The van der Waals surface area contributed by atoms with E-state index in [0.717, 1.165) is 22.9 Å². The van der Waals surface area contributed by atoms with Crippen molar-refractivity contribution in [1.82, 2.24) is 4.98 Å². The summed E-state index contributed by atoms with van der Waals surface area (Å²) in [5.41, 5.74) is 3.93. The van der Waals surface area contributed by atoms with Gasteiger partial charge in [-0.3, -0.25) is 9.78 Å². The Balaban J connectivity index is 1.79. The number of rotatable bonds is 5. The lowest BCUT2D eigenvalue weighted by molar-refractivity contribution is 0.109. The van der Waals surface area contributed by atoms with Crippen LogP contribution in [0.1, 0.15) is 20.9 Å². The van der Waals surface area contributed by atoms with Crippen LogP contribution in [0.5, 0.6) is 0 Å². The normalized spacial score (nSPS) is 10.5. The highest BCUT2D eigenvalue weighted by Crippen LogP contribution is 2.32. The lowest BCUT2D eigenvalue weighted by atomic mass is 9.97. The predicted octanol–water partition coefficient (Wildman–Crippen LogP) is 6.56. The molecule has 0 aliphatic heterocycles. The van der Waals surface area contributed by atoms with Crippen molar-refractivity contribution in [3.8, 4) is 28.5 Å². The molecule has 2 aromatic carbocycles. The number of thiophene rings is 1. The largest absolute Gasteiger partial charge is 0.281 e. The van der Waals surface area contributed by atoms with Gasteiger partial charge in [0, 0.05) is 16.9 Å². The number of aromatic nitrogens is 1. The molecule has 6 heteroatoms. The summed E-state index contributed by atoms with van der Waals surface area (Å²) in [5.74, 6) is -0.0685. The molecule has 4 aromatic rings. The maximum atomic E-state index is 13.4. The topological polar surface area (TPSA) is 53.8 Å². The summed E-state index contributed by atoms with van der Waals surface area (Å²) in [4.78, 5) is 17.8. The lowest BCUT2D eigenvalue weighted by Crippen LogP contribution is -2.01. The van der Waals surface area contributed by atoms with Gasteiger partial charge in [0.25, 0.3) is 0 Å². The molecule has 2 aromatic heterocycles. The first-order valence-electron chi connectivity index (χ1n) is 9.11. The summed E-state index contributed by atoms with van der Waals surface area (Å²) in [6.45, 7) is 0. The fraction of sp³-hybridized carbons (Fsp3) is 0.0417. The maximum Gasteiger partial charge on any atom is 0.229 e. The first-order chi connectivity index (χ1) is 14.7. The van der Waals surface area contributed by atoms with Crippen molar-refractivity contribution in [3.63, 3.8) is 0 Å². The van der Waals surface area contributed by atoms with Crippen LogP contribution in [0, 0.1) is 17.1 Å². The van der Waals surface area contributed by atoms with Crippen LogP contribution in [0.25, 0.3) is 22.4 Å². The van der Waals surface area contributed by atoms with Crippen molar-refractivity contribution in [1.29, 1.82) is 5.26 Å². The molecule has 0 N–H and O–H groups in total. The van der Waals surface area contributed by atoms with Gasteiger partial charge in [-0.2, -0.15) is 5.26 Å². The Kier molecular flexibility index (Phi) is 6.03. The number of carbonyl (C=O) groups is 1. The molecule has 4 rings (SSSR count). The van der Waals surface area contributed by atoms with E-state index in [1.807, 2.05) is 47.8 Å². The fourth-order valence-corrected chi connectivity index (χ4v) is 4.61. The molecule has 0 aliphatic carbocycles. The van der Waals surface area contributed by atoms with Crippen molar-refractivity contribution < 1.29 is 9.18 Å². The van der Waals surface area contributed by atoms with Crippen LogP contribution >= 0.6 is 23.1 Å². The van der Waals surface area contributed by atoms with Gasteiger partial charge in [-0.25, -0.2) is 4.39 Å². The minimum atomic E-state index is -0.341. The highest BCUT2D eigenvalue weighted by Gasteiger charge is 2.17. The van der Waals surface area contributed by atoms with E-state index in [1.165, 1.54) is 23.5 Å². The zero-order valence-electron chi connectivity index (χ0n) is 15.7. The number of carbonyl (C=O) groups excluding carboxylic acids is 1. The van der Waals surface area contributed by atoms with E-state index >= 15 is 0 Å². The monoisotopic (exact) mass is 430 g/mol. The molecule has 0 spiro atoms. The van der Waals surface area contributed by atoms with E-state index in [0.29, 0.717) is 27.4 Å². The van der Waals surface area contributed by atoms with Gasteiger partial charge in [0.15, 0.2) is 0 Å². The molecule has 0 aliphatic rings. The van der Waals surface area contributed by atoms with Gasteiger partial charge in [-0.15, -0.1) is 11.3 Å². The molecule has 0 unspecified atom stereocenters. The summed E-state index contributed by atoms with van der Waals surface area (Å²) in [5, 5.41) is 11.7. The molecule has 30 heavy (non-hydrogen) atoms. The van der Waals surface area contributed by atoms with Crippen LogP contribution < -0.4 is 0 Å². The third-order valence-electron chi connectivity index (χ3n) is 4.49. The highest BCUT2D eigenvalue weighted by atomic mass is 32.2. The SMILES string of the molecule is N#Cc1c(-c2ccc(F)cc2)cc(-c2ccccc2)nc1CSC(=O)c1cccs1. The number of thioether (sulfide) groups is 1. The smallest absolute Gasteiger partial charge is 0.229 e. The molecular formula is C24H15FN2OS2. The molecule has 0 fully saturated rings. The molecule has 0 atom stereocenters. The van der Waals surface area contributed by atoms with Gasteiger partial charge in [-0.1, -0.05) is 60.3 Å². The Labute approximate surface area is 181 Å². The second kappa shape index (κ2) is 9.04. The van der Waals surface area contributed by atoms with Gasteiger partial charge in [0.05, 0.1) is 21.8 Å². The van der Waals surface area contributed by atoms with Crippen molar-refractivity contribution in [2.24, 2.45) is 0 Å². The quantitative estimate of drug-likeness (QED) is 0.360. The lowest BCUT2D eigenvalue weighted by Gasteiger charge is -2.12. The van der Waals surface area contributed by atoms with Crippen LogP contribution in [0.3, 0.4) is 0 Å². The molecule has 146 valence electrons. The van der Waals surface area contributed by atoms with E-state index < -0.39 is 0 Å². The van der Waals surface area contributed by atoms with Crippen molar-refractivity contribution in [2.45, 2.75) is 5.75 Å². The van der Waals surface area contributed by atoms with E-state index in [4.69, 9.17) is 4.98 Å². The maximum absolute atomic E-state index is 13.4. The minimum Gasteiger partial charge on any atom is -0.281 e. The van der Waals surface area contributed by atoms with Crippen molar-refractivity contribution in [3.05, 3.63) is 100 Å². The van der Waals surface area contributed by atoms with E-state index in [9.17, 15) is 14.4 Å². The van der Waals surface area contributed by atoms with E-state index in [1.54, 1.807) is 18.2 Å². The number of halogens is 1. The molecule has 0 saturated carbocycles. The van der Waals surface area contributed by atoms with Gasteiger partial charge in [0.2, 0.25) is 5.12 Å². The number of nitriles is 1.